The number of nitrogens with two attached hydrogens (primary N) is 1. The second-order valence-electron chi connectivity index (χ2n) is 5.00. The van der Waals surface area contributed by atoms with Gasteiger partial charge in [-0.3, -0.25) is 11.3 Å². The number of benzene rings is 1. The fourth-order valence-corrected chi connectivity index (χ4v) is 3.70. The standard InChI is InChI=1S/C14H19N3OS/c15-17-12(10-5-7-18-8-6-10)9-14-16-11-3-1-2-4-13(11)19-14/h1-4,10,12,17H,5-9,15H2. The van der Waals surface area contributed by atoms with Crippen LogP contribution >= 0.6 is 11.3 Å². The maximum Gasteiger partial charge on any atom is 0.0954 e. The topological polar surface area (TPSA) is 60.2 Å². The summed E-state index contributed by atoms with van der Waals surface area (Å²) in [7, 11) is 0. The number of hydrazine groups is 1. The van der Waals surface area contributed by atoms with Crippen molar-refractivity contribution in [2.75, 3.05) is 13.2 Å². The second-order valence-corrected chi connectivity index (χ2v) is 6.12. The predicted molar refractivity (Wildman–Crippen MR) is 78.0 cm³/mol. The van der Waals surface area contributed by atoms with Gasteiger partial charge in [0.15, 0.2) is 0 Å². The normalized spacial score (nSPS) is 18.8. The van der Waals surface area contributed by atoms with Gasteiger partial charge in [-0.2, -0.15) is 0 Å². The highest BCUT2D eigenvalue weighted by Gasteiger charge is 2.24. The highest BCUT2D eigenvalue weighted by molar-refractivity contribution is 7.18. The van der Waals surface area contributed by atoms with Crippen LogP contribution in [0.1, 0.15) is 17.8 Å². The molecule has 1 aromatic heterocycles. The molecule has 1 aliphatic heterocycles. The zero-order valence-electron chi connectivity index (χ0n) is 10.8. The van der Waals surface area contributed by atoms with E-state index in [2.05, 4.69) is 28.6 Å². The summed E-state index contributed by atoms with van der Waals surface area (Å²) < 4.78 is 6.66. The van der Waals surface area contributed by atoms with Gasteiger partial charge in [0.05, 0.1) is 15.2 Å². The lowest BCUT2D eigenvalue weighted by molar-refractivity contribution is 0.0538. The lowest BCUT2D eigenvalue weighted by Gasteiger charge is -2.29. The fraction of sp³-hybridized carbons (Fsp3) is 0.500. The summed E-state index contributed by atoms with van der Waals surface area (Å²) in [6.07, 6.45) is 3.07. The predicted octanol–water partition coefficient (Wildman–Crippen LogP) is 2.10. The summed E-state index contributed by atoms with van der Waals surface area (Å²) >= 11 is 1.77. The molecule has 2 aromatic rings. The first-order valence-corrected chi connectivity index (χ1v) is 7.57. The van der Waals surface area contributed by atoms with Crippen molar-refractivity contribution in [1.29, 1.82) is 0 Å². The van der Waals surface area contributed by atoms with Crippen molar-refractivity contribution in [3.8, 4) is 0 Å². The number of fused-ring (bicyclic) bond motifs is 1. The SMILES string of the molecule is NNC(Cc1nc2ccccc2s1)C1CCOCC1. The molecule has 2 heterocycles. The lowest BCUT2D eigenvalue weighted by atomic mass is 9.90. The minimum absolute atomic E-state index is 0.296. The molecule has 3 N–H and O–H groups in total. The Morgan fingerprint density at radius 3 is 2.89 bits per heavy atom. The largest absolute Gasteiger partial charge is 0.381 e. The first-order chi connectivity index (χ1) is 9.36. The molecule has 0 aliphatic carbocycles. The Morgan fingerprint density at radius 2 is 2.16 bits per heavy atom. The molecule has 0 spiro atoms. The maximum atomic E-state index is 5.73. The summed E-state index contributed by atoms with van der Waals surface area (Å²) in [6, 6.07) is 8.57. The Kier molecular flexibility index (Phi) is 4.08. The molecule has 0 bridgehead atoms. The van der Waals surface area contributed by atoms with Crippen LogP contribution in [0.2, 0.25) is 0 Å². The Morgan fingerprint density at radius 1 is 1.37 bits per heavy atom. The first-order valence-electron chi connectivity index (χ1n) is 6.75. The number of rotatable bonds is 4. The van der Waals surface area contributed by atoms with Gasteiger partial charge in [-0.05, 0) is 30.9 Å². The number of nitrogens with zero attached hydrogens (tertiary/aromatic N) is 1. The van der Waals surface area contributed by atoms with Crippen molar-refractivity contribution in [1.82, 2.24) is 10.4 Å². The van der Waals surface area contributed by atoms with E-state index >= 15 is 0 Å². The van der Waals surface area contributed by atoms with Crippen LogP contribution in [0.5, 0.6) is 0 Å². The maximum absolute atomic E-state index is 5.73. The van der Waals surface area contributed by atoms with Gasteiger partial charge in [0.25, 0.3) is 0 Å². The van der Waals surface area contributed by atoms with Gasteiger partial charge in [0, 0.05) is 25.7 Å². The number of hydrogen-bond acceptors (Lipinski definition) is 5. The molecule has 102 valence electrons. The van der Waals surface area contributed by atoms with Crippen molar-refractivity contribution < 1.29 is 4.74 Å². The van der Waals surface area contributed by atoms with Crippen LogP contribution in [-0.4, -0.2) is 24.2 Å². The van der Waals surface area contributed by atoms with Gasteiger partial charge in [0.1, 0.15) is 0 Å². The van der Waals surface area contributed by atoms with Crippen molar-refractivity contribution in [3.05, 3.63) is 29.3 Å². The number of aromatic nitrogens is 1. The highest BCUT2D eigenvalue weighted by Crippen LogP contribution is 2.26. The molecule has 1 atom stereocenters. The van der Waals surface area contributed by atoms with E-state index in [4.69, 9.17) is 10.6 Å². The van der Waals surface area contributed by atoms with Gasteiger partial charge in [0.2, 0.25) is 0 Å². The lowest BCUT2D eigenvalue weighted by Crippen LogP contribution is -2.44. The molecule has 4 nitrogen and oxygen atoms in total. The molecule has 5 heteroatoms. The van der Waals surface area contributed by atoms with Crippen molar-refractivity contribution in [2.45, 2.75) is 25.3 Å². The van der Waals surface area contributed by atoms with E-state index in [9.17, 15) is 0 Å². The van der Waals surface area contributed by atoms with Crippen LogP contribution in [0.15, 0.2) is 24.3 Å². The third-order valence-corrected chi connectivity index (χ3v) is 4.84. The summed E-state index contributed by atoms with van der Waals surface area (Å²) in [5.74, 6) is 6.32. The molecular weight excluding hydrogens is 258 g/mol. The molecule has 0 amide bonds. The molecule has 1 saturated heterocycles. The fourth-order valence-electron chi connectivity index (χ4n) is 2.68. The monoisotopic (exact) mass is 277 g/mol. The van der Waals surface area contributed by atoms with Crippen LogP contribution in [0, 0.1) is 5.92 Å². The van der Waals surface area contributed by atoms with Gasteiger partial charge < -0.3 is 4.74 Å². The molecule has 0 saturated carbocycles. The Labute approximate surface area is 116 Å². The molecule has 0 radical (unpaired) electrons. The van der Waals surface area contributed by atoms with E-state index in [0.717, 1.165) is 43.0 Å². The van der Waals surface area contributed by atoms with Crippen molar-refractivity contribution in [3.63, 3.8) is 0 Å². The molecule has 1 aliphatic rings. The summed E-state index contributed by atoms with van der Waals surface area (Å²) in [4.78, 5) is 4.69. The smallest absolute Gasteiger partial charge is 0.0954 e. The van der Waals surface area contributed by atoms with E-state index in [1.165, 1.54) is 4.70 Å². The Bertz CT molecular complexity index is 503. The third kappa shape index (κ3) is 2.95. The summed E-state index contributed by atoms with van der Waals surface area (Å²) in [5, 5.41) is 1.16. The number of para-hydroxylation sites is 1. The van der Waals surface area contributed by atoms with Crippen molar-refractivity contribution >= 4 is 21.6 Å². The van der Waals surface area contributed by atoms with E-state index in [-0.39, 0.29) is 0 Å². The average molecular weight is 277 g/mol. The number of nitrogens with one attached hydrogen (secondary N) is 1. The zero-order chi connectivity index (χ0) is 13.1. The van der Waals surface area contributed by atoms with Crippen LogP contribution in [0.4, 0.5) is 0 Å². The van der Waals surface area contributed by atoms with Crippen molar-refractivity contribution in [2.24, 2.45) is 11.8 Å². The quantitative estimate of drug-likeness (QED) is 0.663. The van der Waals surface area contributed by atoms with Crippen LogP contribution in [0.25, 0.3) is 10.2 Å². The van der Waals surface area contributed by atoms with Gasteiger partial charge >= 0.3 is 0 Å². The Balaban J connectivity index is 1.74. The van der Waals surface area contributed by atoms with Crippen LogP contribution in [-0.2, 0) is 11.2 Å². The molecule has 1 fully saturated rings. The number of hydrogen-bond donors (Lipinski definition) is 2. The van der Waals surface area contributed by atoms with Gasteiger partial charge in [-0.15, -0.1) is 11.3 Å². The highest BCUT2D eigenvalue weighted by atomic mass is 32.1. The molecule has 1 aromatic carbocycles. The van der Waals surface area contributed by atoms with Crippen LogP contribution in [0.3, 0.4) is 0 Å². The van der Waals surface area contributed by atoms with E-state index in [0.29, 0.717) is 12.0 Å². The number of thiazole rings is 1. The first kappa shape index (κ1) is 13.0. The van der Waals surface area contributed by atoms with E-state index in [1.807, 2.05) is 6.07 Å². The van der Waals surface area contributed by atoms with E-state index < -0.39 is 0 Å². The molecular formula is C14H19N3OS. The minimum atomic E-state index is 0.296. The third-order valence-electron chi connectivity index (χ3n) is 3.78. The summed E-state index contributed by atoms with van der Waals surface area (Å²) in [5.41, 5.74) is 4.06. The zero-order valence-corrected chi connectivity index (χ0v) is 11.7. The molecule has 1 unspecified atom stereocenters. The summed E-state index contributed by atoms with van der Waals surface area (Å²) in [6.45, 7) is 1.70. The minimum Gasteiger partial charge on any atom is -0.381 e. The van der Waals surface area contributed by atoms with Gasteiger partial charge in [-0.25, -0.2) is 4.98 Å². The molecule has 19 heavy (non-hydrogen) atoms. The van der Waals surface area contributed by atoms with E-state index in [1.54, 1.807) is 11.3 Å². The number of ether oxygens (including phenoxy) is 1. The average Bonchev–Trinajstić information content (AvgIpc) is 2.88. The van der Waals surface area contributed by atoms with Gasteiger partial charge in [-0.1, -0.05) is 12.1 Å². The molecule has 3 rings (SSSR count). The Hall–Kier alpha value is -1.01. The second kappa shape index (κ2) is 5.96. The van der Waals surface area contributed by atoms with Crippen LogP contribution < -0.4 is 11.3 Å².